The molecule has 0 aliphatic heterocycles. The summed E-state index contributed by atoms with van der Waals surface area (Å²) < 4.78 is 1.87. The van der Waals surface area contributed by atoms with Crippen molar-refractivity contribution in [2.24, 2.45) is 0 Å². The van der Waals surface area contributed by atoms with Crippen LogP contribution < -0.4 is 5.32 Å². The van der Waals surface area contributed by atoms with E-state index in [1.165, 1.54) is 4.88 Å². The van der Waals surface area contributed by atoms with Crippen LogP contribution in [-0.2, 0) is 23.5 Å². The van der Waals surface area contributed by atoms with Crippen LogP contribution in [0, 0.1) is 25.2 Å². The Morgan fingerprint density at radius 2 is 2.32 bits per heavy atom. The number of thioether (sulfide) groups is 1. The average molecular weight is 377 g/mol. The Balaban J connectivity index is 1.67. The summed E-state index contributed by atoms with van der Waals surface area (Å²) in [4.78, 5) is 13.4. The van der Waals surface area contributed by atoms with Gasteiger partial charge in [0.05, 0.1) is 24.7 Å². The van der Waals surface area contributed by atoms with Gasteiger partial charge in [-0.3, -0.25) is 9.48 Å². The summed E-state index contributed by atoms with van der Waals surface area (Å²) in [6, 6.07) is 6.34. The molecule has 2 aromatic rings. The normalized spacial score (nSPS) is 10.6. The van der Waals surface area contributed by atoms with Gasteiger partial charge in [-0.15, -0.1) is 11.3 Å². The molecular formula is C18H24N4OS2. The van der Waals surface area contributed by atoms with Crippen molar-refractivity contribution in [3.63, 3.8) is 0 Å². The first-order valence-electron chi connectivity index (χ1n) is 8.38. The van der Waals surface area contributed by atoms with Gasteiger partial charge in [-0.2, -0.15) is 22.1 Å². The molecule has 1 amide bonds. The molecule has 0 saturated carbocycles. The number of nitrogens with one attached hydrogen (secondary N) is 1. The zero-order chi connectivity index (χ0) is 18.1. The van der Waals surface area contributed by atoms with Gasteiger partial charge in [0.15, 0.2) is 0 Å². The molecule has 25 heavy (non-hydrogen) atoms. The van der Waals surface area contributed by atoms with Crippen molar-refractivity contribution in [1.82, 2.24) is 15.1 Å². The third-order valence-corrected chi connectivity index (χ3v) is 6.03. The highest BCUT2D eigenvalue weighted by molar-refractivity contribution is 7.98. The van der Waals surface area contributed by atoms with Crippen LogP contribution in [0.4, 0.5) is 0 Å². The molecule has 0 unspecified atom stereocenters. The van der Waals surface area contributed by atoms with Crippen molar-refractivity contribution in [2.45, 2.75) is 45.4 Å². The van der Waals surface area contributed by atoms with Crippen molar-refractivity contribution < 1.29 is 4.79 Å². The fourth-order valence-corrected chi connectivity index (χ4v) is 4.33. The van der Waals surface area contributed by atoms with Crippen molar-refractivity contribution in [1.29, 1.82) is 5.26 Å². The van der Waals surface area contributed by atoms with E-state index in [1.807, 2.05) is 30.3 Å². The quantitative estimate of drug-likeness (QED) is 0.645. The monoisotopic (exact) mass is 376 g/mol. The van der Waals surface area contributed by atoms with Crippen molar-refractivity contribution >= 4 is 29.0 Å². The van der Waals surface area contributed by atoms with Gasteiger partial charge in [-0.1, -0.05) is 6.07 Å². The molecule has 5 nitrogen and oxygen atoms in total. The van der Waals surface area contributed by atoms with Crippen LogP contribution in [0.1, 0.15) is 34.7 Å². The van der Waals surface area contributed by atoms with Gasteiger partial charge in [0, 0.05) is 35.0 Å². The lowest BCUT2D eigenvalue weighted by Gasteiger charge is -2.06. The highest BCUT2D eigenvalue weighted by Crippen LogP contribution is 2.17. The molecule has 2 rings (SSSR count). The van der Waals surface area contributed by atoms with E-state index in [4.69, 9.17) is 5.26 Å². The fourth-order valence-electron chi connectivity index (χ4n) is 2.63. The highest BCUT2D eigenvalue weighted by atomic mass is 32.2. The number of rotatable bonds is 10. The molecule has 0 atom stereocenters. The second kappa shape index (κ2) is 10.3. The molecule has 134 valence electrons. The van der Waals surface area contributed by atoms with Gasteiger partial charge in [-0.25, -0.2) is 0 Å². The largest absolute Gasteiger partial charge is 0.355 e. The summed E-state index contributed by atoms with van der Waals surface area (Å²) in [5.41, 5.74) is 3.14. The zero-order valence-corrected chi connectivity index (χ0v) is 16.4. The topological polar surface area (TPSA) is 70.7 Å². The fraction of sp³-hybridized carbons (Fsp3) is 0.500. The van der Waals surface area contributed by atoms with E-state index >= 15 is 0 Å². The van der Waals surface area contributed by atoms with Crippen molar-refractivity contribution in [2.75, 3.05) is 12.3 Å². The Hall–Kier alpha value is -1.78. The van der Waals surface area contributed by atoms with Gasteiger partial charge >= 0.3 is 0 Å². The number of hydrogen-bond acceptors (Lipinski definition) is 5. The number of amides is 1. The lowest BCUT2D eigenvalue weighted by molar-refractivity contribution is -0.120. The Labute approximate surface area is 157 Å². The minimum absolute atomic E-state index is 0.0836. The zero-order valence-electron chi connectivity index (χ0n) is 14.7. The van der Waals surface area contributed by atoms with Crippen LogP contribution in [0.25, 0.3) is 0 Å². The predicted octanol–water partition coefficient (Wildman–Crippen LogP) is 3.46. The third-order valence-electron chi connectivity index (χ3n) is 3.96. The van der Waals surface area contributed by atoms with E-state index in [-0.39, 0.29) is 5.91 Å². The summed E-state index contributed by atoms with van der Waals surface area (Å²) in [7, 11) is 0. The second-order valence-corrected chi connectivity index (χ2v) is 7.90. The molecule has 0 spiro atoms. The van der Waals surface area contributed by atoms with E-state index in [0.717, 1.165) is 28.5 Å². The van der Waals surface area contributed by atoms with Crippen molar-refractivity contribution in [3.05, 3.63) is 39.3 Å². The van der Waals surface area contributed by atoms with Gasteiger partial charge in [0.2, 0.25) is 5.91 Å². The van der Waals surface area contributed by atoms with Gasteiger partial charge in [-0.05, 0) is 37.3 Å². The molecule has 0 aliphatic carbocycles. The number of carbonyl (C=O) groups is 1. The molecule has 0 saturated heterocycles. The molecule has 2 heterocycles. The second-order valence-electron chi connectivity index (χ2n) is 5.76. The van der Waals surface area contributed by atoms with Crippen LogP contribution >= 0.6 is 23.1 Å². The van der Waals surface area contributed by atoms with Gasteiger partial charge in [0.1, 0.15) is 0 Å². The van der Waals surface area contributed by atoms with E-state index in [2.05, 4.69) is 34.0 Å². The minimum Gasteiger partial charge on any atom is -0.355 e. The lowest BCUT2D eigenvalue weighted by atomic mass is 10.1. The molecule has 7 heteroatoms. The average Bonchev–Trinajstić information content (AvgIpc) is 3.20. The molecular weight excluding hydrogens is 352 g/mol. The first-order chi connectivity index (χ1) is 12.1. The maximum Gasteiger partial charge on any atom is 0.220 e. The number of nitrogens with zero attached hydrogens (tertiary/aromatic N) is 3. The van der Waals surface area contributed by atoms with Gasteiger partial charge < -0.3 is 5.32 Å². The Morgan fingerprint density at radius 1 is 1.48 bits per heavy atom. The van der Waals surface area contributed by atoms with Crippen LogP contribution in [0.5, 0.6) is 0 Å². The first kappa shape index (κ1) is 19.5. The highest BCUT2D eigenvalue weighted by Gasteiger charge is 2.12. The van der Waals surface area contributed by atoms with E-state index in [1.54, 1.807) is 11.3 Å². The molecule has 2 aromatic heterocycles. The van der Waals surface area contributed by atoms with E-state index in [9.17, 15) is 4.79 Å². The molecule has 0 aromatic carbocycles. The Morgan fingerprint density at radius 3 is 3.04 bits per heavy atom. The summed E-state index contributed by atoms with van der Waals surface area (Å²) in [5, 5.41) is 18.2. The summed E-state index contributed by atoms with van der Waals surface area (Å²) in [6.07, 6.45) is 1.62. The number of aromatic nitrogens is 2. The summed E-state index contributed by atoms with van der Waals surface area (Å²) in [5.74, 6) is 2.02. The first-order valence-corrected chi connectivity index (χ1v) is 10.4. The number of carbonyl (C=O) groups excluding carboxylic acids is 1. The molecule has 0 aliphatic rings. The standard InChI is InChI=1S/C18H24N4OS2/c1-14-17(15(2)22(21-14)10-4-8-19)6-7-18(23)20-9-12-24-13-16-5-3-11-25-16/h3,5,11H,4,6-7,9-10,12-13H2,1-2H3,(H,20,23). The van der Waals surface area contributed by atoms with Crippen LogP contribution in [0.3, 0.4) is 0 Å². The van der Waals surface area contributed by atoms with Crippen LogP contribution in [0.2, 0.25) is 0 Å². The van der Waals surface area contributed by atoms with Crippen molar-refractivity contribution in [3.8, 4) is 6.07 Å². The Kier molecular flexibility index (Phi) is 8.02. The van der Waals surface area contributed by atoms with Gasteiger partial charge in [0.25, 0.3) is 0 Å². The Bertz CT molecular complexity index is 716. The number of thiophene rings is 1. The molecule has 0 fully saturated rings. The lowest BCUT2D eigenvalue weighted by Crippen LogP contribution is -2.26. The minimum atomic E-state index is 0.0836. The predicted molar refractivity (Wildman–Crippen MR) is 104 cm³/mol. The molecule has 0 bridgehead atoms. The SMILES string of the molecule is Cc1nn(CCC#N)c(C)c1CCC(=O)NCCSCc1cccs1. The number of hydrogen-bond donors (Lipinski definition) is 1. The maximum absolute atomic E-state index is 12.0. The summed E-state index contributed by atoms with van der Waals surface area (Å²) in [6.45, 7) is 5.28. The van der Waals surface area contributed by atoms with E-state index < -0.39 is 0 Å². The maximum atomic E-state index is 12.0. The van der Waals surface area contributed by atoms with Crippen LogP contribution in [0.15, 0.2) is 17.5 Å². The number of nitriles is 1. The van der Waals surface area contributed by atoms with E-state index in [0.29, 0.717) is 32.4 Å². The van der Waals surface area contributed by atoms with Crippen LogP contribution in [-0.4, -0.2) is 28.0 Å². The molecule has 1 N–H and O–H groups in total. The third kappa shape index (κ3) is 6.22. The smallest absolute Gasteiger partial charge is 0.220 e. The number of aryl methyl sites for hydroxylation is 2. The summed E-state index contributed by atoms with van der Waals surface area (Å²) >= 11 is 3.61. The molecule has 0 radical (unpaired) electrons.